The molecule has 33 heavy (non-hydrogen) atoms. The van der Waals surface area contributed by atoms with Crippen molar-refractivity contribution in [1.29, 1.82) is 0 Å². The fourth-order valence-corrected chi connectivity index (χ4v) is 5.31. The predicted octanol–water partition coefficient (Wildman–Crippen LogP) is 8.25. The maximum atomic E-state index is 2.33. The van der Waals surface area contributed by atoms with E-state index in [0.29, 0.717) is 0 Å². The van der Waals surface area contributed by atoms with E-state index in [1.54, 1.807) is 0 Å². The summed E-state index contributed by atoms with van der Waals surface area (Å²) in [6, 6.07) is 38.7. The van der Waals surface area contributed by atoms with Crippen LogP contribution in [-0.2, 0) is 24.2 Å². The average molecular weight is 501 g/mol. The van der Waals surface area contributed by atoms with Crippen LogP contribution in [0.25, 0.3) is 27.1 Å². The molecule has 0 spiro atoms. The fraction of sp³-hybridized carbons (Fsp3) is 0.0625. The van der Waals surface area contributed by atoms with Crippen molar-refractivity contribution in [2.75, 3.05) is 0 Å². The minimum atomic E-state index is 1.06. The van der Waals surface area contributed by atoms with Gasteiger partial charge in [0.2, 0.25) is 0 Å². The summed E-state index contributed by atoms with van der Waals surface area (Å²) in [5.74, 6) is 0. The fourth-order valence-electron chi connectivity index (χ4n) is 4.49. The third-order valence-corrected chi connectivity index (χ3v) is 7.59. The second kappa shape index (κ2) is 9.86. The molecule has 0 aromatic heterocycles. The third-order valence-electron chi connectivity index (χ3n) is 6.17. The first-order valence-electron chi connectivity index (χ1n) is 11.3. The molecule has 6 rings (SSSR count). The zero-order valence-corrected chi connectivity index (χ0v) is 21.2. The first kappa shape index (κ1) is 21.8. The zero-order chi connectivity index (χ0) is 22.6. The van der Waals surface area contributed by atoms with Crippen LogP contribution in [0.4, 0.5) is 0 Å². The normalized spacial score (nSPS) is 12.7. The van der Waals surface area contributed by atoms with Gasteiger partial charge >= 0.3 is 99.2 Å². The molecule has 1 aliphatic carbocycles. The van der Waals surface area contributed by atoms with Crippen LogP contribution in [0.3, 0.4) is 0 Å². The van der Waals surface area contributed by atoms with Gasteiger partial charge in [0.05, 0.1) is 0 Å². The van der Waals surface area contributed by atoms with Gasteiger partial charge in [0.1, 0.15) is 0 Å². The molecular weight excluding hydrogens is 476 g/mol. The van der Waals surface area contributed by atoms with Crippen LogP contribution in [0.5, 0.6) is 0 Å². The monoisotopic (exact) mass is 499 g/mol. The first-order chi connectivity index (χ1) is 16.2. The zero-order valence-electron chi connectivity index (χ0n) is 18.8. The molecule has 0 radical (unpaired) electrons. The topological polar surface area (TPSA) is 0 Å². The van der Waals surface area contributed by atoms with E-state index in [-0.39, 0.29) is 0 Å². The van der Waals surface area contributed by atoms with Crippen molar-refractivity contribution in [3.05, 3.63) is 144 Å². The summed E-state index contributed by atoms with van der Waals surface area (Å²) in [7, 11) is 0. The molecule has 0 aliphatic heterocycles. The Morgan fingerprint density at radius 1 is 0.697 bits per heavy atom. The summed E-state index contributed by atoms with van der Waals surface area (Å²) in [4.78, 5) is 0. The van der Waals surface area contributed by atoms with Crippen LogP contribution < -0.4 is 0 Å². The summed E-state index contributed by atoms with van der Waals surface area (Å²) in [6.45, 7) is 2.18. The van der Waals surface area contributed by atoms with Crippen LogP contribution in [0, 0.1) is 0 Å². The van der Waals surface area contributed by atoms with Crippen molar-refractivity contribution in [2.45, 2.75) is 13.3 Å². The minimum absolute atomic E-state index is 1.06. The number of benzene rings is 4. The number of allylic oxidation sites excluding steroid dienone is 4. The summed E-state index contributed by atoms with van der Waals surface area (Å²) >= 11 is 1.46. The van der Waals surface area contributed by atoms with Crippen molar-refractivity contribution in [3.8, 4) is 0 Å². The summed E-state index contributed by atoms with van der Waals surface area (Å²) < 4.78 is 1.42. The number of fused-ring (bicyclic) bond motifs is 3. The van der Waals surface area contributed by atoms with E-state index in [4.69, 9.17) is 0 Å². The van der Waals surface area contributed by atoms with Gasteiger partial charge in [-0.15, -0.1) is 33.7 Å². The summed E-state index contributed by atoms with van der Waals surface area (Å²) in [6.07, 6.45) is 5.68. The molecule has 0 saturated carbocycles. The molecule has 0 unspecified atom stereocenters. The Morgan fingerprint density at radius 2 is 1.30 bits per heavy atom. The van der Waals surface area contributed by atoms with E-state index in [1.807, 2.05) is 0 Å². The maximum absolute atomic E-state index is 2.33. The van der Waals surface area contributed by atoms with Crippen molar-refractivity contribution in [2.24, 2.45) is 0 Å². The summed E-state index contributed by atoms with van der Waals surface area (Å²) in [5, 5.41) is 5.47. The van der Waals surface area contributed by atoms with Gasteiger partial charge in [-0.2, -0.15) is 0 Å². The van der Waals surface area contributed by atoms with Crippen LogP contribution in [0.2, 0.25) is 0 Å². The molecule has 5 aromatic rings. The van der Waals surface area contributed by atoms with Crippen LogP contribution in [-0.4, -0.2) is 3.21 Å². The van der Waals surface area contributed by atoms with Gasteiger partial charge in [-0.05, 0) is 13.3 Å². The van der Waals surface area contributed by atoms with Gasteiger partial charge < -0.3 is 0 Å². The molecule has 0 N–H and O–H groups in total. The molecule has 0 heterocycles. The summed E-state index contributed by atoms with van der Waals surface area (Å²) in [5.41, 5.74) is 6.87. The molecule has 0 nitrogen and oxygen atoms in total. The van der Waals surface area contributed by atoms with Gasteiger partial charge in [0, 0.05) is 0 Å². The molecule has 0 bridgehead atoms. The van der Waals surface area contributed by atoms with Gasteiger partial charge in [-0.3, -0.25) is 0 Å². The standard InChI is InChI=1S/C19H15.C13H10.Zr/c1-13-9-10-15(11-13)17-7-4-8-18-16-6-3-2-5-14(16)12-19(17)18;1-3-7-12(8-4-1)11-13-9-5-2-6-10-13;/h2-9,11-12H,10H2,1H3;1-10H;/q-1;;. The molecular formula is C32H25Zr-. The Bertz CT molecular complexity index is 1440. The molecule has 158 valence electrons. The Morgan fingerprint density at radius 3 is 1.94 bits per heavy atom. The van der Waals surface area contributed by atoms with Gasteiger partial charge in [-0.25, -0.2) is 0 Å². The van der Waals surface area contributed by atoms with Gasteiger partial charge in [0.15, 0.2) is 0 Å². The number of hydrogen-bond donors (Lipinski definition) is 0. The number of rotatable bonds is 3. The molecule has 1 heteroatoms. The second-order valence-electron chi connectivity index (χ2n) is 8.43. The van der Waals surface area contributed by atoms with E-state index in [9.17, 15) is 0 Å². The Hall–Kier alpha value is -3.02. The predicted molar refractivity (Wildman–Crippen MR) is 139 cm³/mol. The van der Waals surface area contributed by atoms with E-state index in [2.05, 4.69) is 128 Å². The SMILES string of the molecule is CC1=CCC(c2cccc3c2[cH-]c2ccccc23)=C1.[Zr]=[C](c1ccccc1)c1ccccc1. The van der Waals surface area contributed by atoms with Crippen LogP contribution in [0.15, 0.2) is 127 Å². The van der Waals surface area contributed by atoms with Crippen LogP contribution >= 0.6 is 0 Å². The molecule has 1 aliphatic rings. The van der Waals surface area contributed by atoms with Crippen molar-refractivity contribution in [1.82, 2.24) is 0 Å². The average Bonchev–Trinajstić information content (AvgIpc) is 3.48. The van der Waals surface area contributed by atoms with E-state index in [1.165, 1.54) is 76.8 Å². The van der Waals surface area contributed by atoms with E-state index in [0.717, 1.165) is 6.42 Å². The Balaban J connectivity index is 0.000000146. The Kier molecular flexibility index (Phi) is 6.51. The van der Waals surface area contributed by atoms with Crippen LogP contribution in [0.1, 0.15) is 30.0 Å². The molecule has 0 atom stereocenters. The molecule has 0 saturated heterocycles. The third kappa shape index (κ3) is 4.70. The van der Waals surface area contributed by atoms with Crippen molar-refractivity contribution in [3.63, 3.8) is 0 Å². The number of hydrogen-bond acceptors (Lipinski definition) is 0. The molecule has 0 fully saturated rings. The van der Waals surface area contributed by atoms with Gasteiger partial charge in [0.25, 0.3) is 0 Å². The Labute approximate surface area is 210 Å². The van der Waals surface area contributed by atoms with Crippen molar-refractivity contribution < 1.29 is 24.2 Å². The molecule has 5 aromatic carbocycles. The second-order valence-corrected chi connectivity index (χ2v) is 9.66. The molecule has 0 amide bonds. The van der Waals surface area contributed by atoms with Crippen molar-refractivity contribution >= 4 is 30.3 Å². The first-order valence-corrected chi connectivity index (χ1v) is 12.6. The quantitative estimate of drug-likeness (QED) is 0.219. The van der Waals surface area contributed by atoms with E-state index >= 15 is 0 Å². The van der Waals surface area contributed by atoms with Gasteiger partial charge in [-0.1, -0.05) is 65.3 Å². The van der Waals surface area contributed by atoms with E-state index < -0.39 is 0 Å².